The van der Waals surface area contributed by atoms with E-state index in [4.69, 9.17) is 14.2 Å². The lowest BCUT2D eigenvalue weighted by molar-refractivity contribution is -0.135. The molecule has 3 aromatic rings. The van der Waals surface area contributed by atoms with Gasteiger partial charge in [0.15, 0.2) is 0 Å². The number of carbonyl (C=O) groups excluding carboxylic acids is 2. The second kappa shape index (κ2) is 12.0. The number of benzene rings is 2. The van der Waals surface area contributed by atoms with Gasteiger partial charge >= 0.3 is 0 Å². The standard InChI is InChI=1S/C30H34N2O5S/c1-21-8-10-22(11-9-21)30(34)31(18-25-7-4-15-36-25)19-29(33)32-14-12-28-26(13-16-38-28)27(32)20-37-24-6-3-5-23(17-24)35-2/h3,5-6,8-11,13,16-17,25,27H,4,7,12,14-15,18-20H2,1-2H3/t25-,27-/m0/s1. The van der Waals surface area contributed by atoms with Gasteiger partial charge in [-0.25, -0.2) is 0 Å². The molecule has 0 radical (unpaired) electrons. The van der Waals surface area contributed by atoms with Gasteiger partial charge in [-0.05, 0) is 67.5 Å². The number of fused-ring (bicyclic) bond motifs is 1. The Labute approximate surface area is 227 Å². The van der Waals surface area contributed by atoms with Crippen molar-refractivity contribution in [2.45, 2.75) is 38.3 Å². The number of rotatable bonds is 9. The van der Waals surface area contributed by atoms with E-state index in [1.165, 1.54) is 4.88 Å². The Morgan fingerprint density at radius 3 is 2.71 bits per heavy atom. The average molecular weight is 535 g/mol. The topological polar surface area (TPSA) is 68.3 Å². The van der Waals surface area contributed by atoms with Crippen molar-refractivity contribution in [1.82, 2.24) is 9.80 Å². The summed E-state index contributed by atoms with van der Waals surface area (Å²) < 4.78 is 17.3. The summed E-state index contributed by atoms with van der Waals surface area (Å²) in [7, 11) is 1.62. The van der Waals surface area contributed by atoms with Crippen LogP contribution >= 0.6 is 11.3 Å². The molecule has 0 spiro atoms. The van der Waals surface area contributed by atoms with Crippen molar-refractivity contribution >= 4 is 23.2 Å². The number of hydrogen-bond donors (Lipinski definition) is 0. The van der Waals surface area contributed by atoms with Crippen LogP contribution in [0, 0.1) is 6.92 Å². The fraction of sp³-hybridized carbons (Fsp3) is 0.400. The molecule has 2 aromatic carbocycles. The van der Waals surface area contributed by atoms with Crippen molar-refractivity contribution in [2.24, 2.45) is 0 Å². The lowest BCUT2D eigenvalue weighted by Gasteiger charge is -2.37. The molecule has 5 rings (SSSR count). The van der Waals surface area contributed by atoms with Gasteiger partial charge in [-0.2, -0.15) is 0 Å². The summed E-state index contributed by atoms with van der Waals surface area (Å²) in [5, 5.41) is 2.07. The highest BCUT2D eigenvalue weighted by Crippen LogP contribution is 2.34. The van der Waals surface area contributed by atoms with Crippen molar-refractivity contribution in [3.63, 3.8) is 0 Å². The van der Waals surface area contributed by atoms with Gasteiger partial charge in [-0.3, -0.25) is 9.59 Å². The van der Waals surface area contributed by atoms with Crippen molar-refractivity contribution in [3.05, 3.63) is 81.5 Å². The van der Waals surface area contributed by atoms with E-state index >= 15 is 0 Å². The average Bonchev–Trinajstić information content (AvgIpc) is 3.64. The Morgan fingerprint density at radius 1 is 1.13 bits per heavy atom. The van der Waals surface area contributed by atoms with Crippen LogP contribution in [0.4, 0.5) is 0 Å². The summed E-state index contributed by atoms with van der Waals surface area (Å²) in [5.74, 6) is 1.18. The van der Waals surface area contributed by atoms with E-state index in [0.717, 1.165) is 36.1 Å². The van der Waals surface area contributed by atoms with Gasteiger partial charge in [0.1, 0.15) is 24.7 Å². The Kier molecular flexibility index (Phi) is 8.29. The van der Waals surface area contributed by atoms with Crippen molar-refractivity contribution in [1.29, 1.82) is 0 Å². The molecule has 2 atom stereocenters. The minimum atomic E-state index is -0.234. The van der Waals surface area contributed by atoms with Crippen LogP contribution in [0.1, 0.15) is 45.2 Å². The molecule has 0 saturated carbocycles. The molecular weight excluding hydrogens is 500 g/mol. The molecule has 200 valence electrons. The van der Waals surface area contributed by atoms with Crippen LogP contribution < -0.4 is 9.47 Å². The number of amides is 2. The molecule has 1 aromatic heterocycles. The molecule has 2 aliphatic heterocycles. The Hall–Kier alpha value is -3.36. The normalized spacial score (nSPS) is 18.6. The third-order valence-corrected chi connectivity index (χ3v) is 8.22. The van der Waals surface area contributed by atoms with Crippen LogP contribution in [0.3, 0.4) is 0 Å². The molecule has 0 N–H and O–H groups in total. The van der Waals surface area contributed by atoms with Gasteiger partial charge in [-0.15, -0.1) is 11.3 Å². The molecular formula is C30H34N2O5S. The third-order valence-electron chi connectivity index (χ3n) is 7.22. The Morgan fingerprint density at radius 2 is 1.95 bits per heavy atom. The monoisotopic (exact) mass is 534 g/mol. The predicted molar refractivity (Wildman–Crippen MR) is 147 cm³/mol. The fourth-order valence-electron chi connectivity index (χ4n) is 5.13. The summed E-state index contributed by atoms with van der Waals surface area (Å²) in [5.41, 5.74) is 2.79. The number of ether oxygens (including phenoxy) is 3. The maximum atomic E-state index is 13.8. The summed E-state index contributed by atoms with van der Waals surface area (Å²) in [6.07, 6.45) is 2.62. The highest BCUT2D eigenvalue weighted by Gasteiger charge is 2.34. The van der Waals surface area contributed by atoms with Crippen molar-refractivity contribution in [3.8, 4) is 11.5 Å². The number of methoxy groups -OCH3 is 1. The first-order valence-electron chi connectivity index (χ1n) is 13.1. The Balaban J connectivity index is 1.35. The van der Waals surface area contributed by atoms with Crippen LogP contribution in [0.5, 0.6) is 11.5 Å². The predicted octanol–water partition coefficient (Wildman–Crippen LogP) is 4.89. The zero-order valence-electron chi connectivity index (χ0n) is 21.9. The molecule has 0 unspecified atom stereocenters. The fourth-order valence-corrected chi connectivity index (χ4v) is 6.06. The second-order valence-electron chi connectivity index (χ2n) is 9.83. The molecule has 1 fully saturated rings. The van der Waals surface area contributed by atoms with E-state index < -0.39 is 0 Å². The maximum absolute atomic E-state index is 13.8. The molecule has 1 saturated heterocycles. The quantitative estimate of drug-likeness (QED) is 0.391. The number of aryl methyl sites for hydroxylation is 1. The highest BCUT2D eigenvalue weighted by molar-refractivity contribution is 7.10. The lowest BCUT2D eigenvalue weighted by Crippen LogP contribution is -2.49. The second-order valence-corrected chi connectivity index (χ2v) is 10.8. The summed E-state index contributed by atoms with van der Waals surface area (Å²) in [4.78, 5) is 32.2. The zero-order valence-corrected chi connectivity index (χ0v) is 22.7. The van der Waals surface area contributed by atoms with E-state index in [1.807, 2.05) is 60.4 Å². The van der Waals surface area contributed by atoms with Gasteiger partial charge in [-0.1, -0.05) is 23.8 Å². The first kappa shape index (κ1) is 26.3. The highest BCUT2D eigenvalue weighted by atomic mass is 32.1. The SMILES string of the molecule is COc1cccc(OC[C@H]2c3ccsc3CCN2C(=O)CN(C[C@@H]2CCCO2)C(=O)c2ccc(C)cc2)c1. The lowest BCUT2D eigenvalue weighted by atomic mass is 10.00. The number of nitrogens with zero attached hydrogens (tertiary/aromatic N) is 2. The number of thiophene rings is 1. The Bertz CT molecular complexity index is 1250. The van der Waals surface area contributed by atoms with Crippen LogP contribution in [-0.2, 0) is 16.0 Å². The van der Waals surface area contributed by atoms with E-state index in [2.05, 4.69) is 11.4 Å². The zero-order chi connectivity index (χ0) is 26.5. The molecule has 0 bridgehead atoms. The van der Waals surface area contributed by atoms with Gasteiger partial charge < -0.3 is 24.0 Å². The third kappa shape index (κ3) is 6.03. The molecule has 2 aliphatic rings. The van der Waals surface area contributed by atoms with Crippen molar-refractivity contribution in [2.75, 3.05) is 40.0 Å². The van der Waals surface area contributed by atoms with Gasteiger partial charge in [0, 0.05) is 36.2 Å². The van der Waals surface area contributed by atoms with Gasteiger partial charge in [0.25, 0.3) is 5.91 Å². The molecule has 3 heterocycles. The van der Waals surface area contributed by atoms with Gasteiger partial charge in [0.2, 0.25) is 5.91 Å². The number of hydrogen-bond acceptors (Lipinski definition) is 6. The van der Waals surface area contributed by atoms with Crippen LogP contribution in [0.15, 0.2) is 60.0 Å². The summed E-state index contributed by atoms with van der Waals surface area (Å²) in [6, 6.07) is 16.8. The van der Waals surface area contributed by atoms with E-state index in [-0.39, 0.29) is 30.5 Å². The molecule has 38 heavy (non-hydrogen) atoms. The first-order chi connectivity index (χ1) is 18.5. The van der Waals surface area contributed by atoms with Crippen molar-refractivity contribution < 1.29 is 23.8 Å². The molecule has 8 heteroatoms. The largest absolute Gasteiger partial charge is 0.497 e. The number of carbonyl (C=O) groups is 2. The van der Waals surface area contributed by atoms with E-state index in [1.54, 1.807) is 23.3 Å². The van der Waals surface area contributed by atoms with Gasteiger partial charge in [0.05, 0.1) is 19.3 Å². The minimum Gasteiger partial charge on any atom is -0.497 e. The van der Waals surface area contributed by atoms with E-state index in [0.29, 0.717) is 37.6 Å². The first-order valence-corrected chi connectivity index (χ1v) is 14.0. The summed E-state index contributed by atoms with van der Waals surface area (Å²) >= 11 is 1.71. The maximum Gasteiger partial charge on any atom is 0.254 e. The molecule has 0 aliphatic carbocycles. The molecule has 7 nitrogen and oxygen atoms in total. The summed E-state index contributed by atoms with van der Waals surface area (Å²) in [6.45, 7) is 4.00. The minimum absolute atomic E-state index is 0.00169. The van der Waals surface area contributed by atoms with E-state index in [9.17, 15) is 9.59 Å². The van der Waals surface area contributed by atoms with Crippen LogP contribution in [-0.4, -0.2) is 67.7 Å². The van der Waals surface area contributed by atoms with Crippen LogP contribution in [0.25, 0.3) is 0 Å². The van der Waals surface area contributed by atoms with Crippen LogP contribution in [0.2, 0.25) is 0 Å². The molecule has 2 amide bonds. The smallest absolute Gasteiger partial charge is 0.254 e.